The third kappa shape index (κ3) is 1.79. The zero-order valence-electron chi connectivity index (χ0n) is 8.16. The van der Waals surface area contributed by atoms with Gasteiger partial charge in [0.1, 0.15) is 5.82 Å². The molecule has 5 heteroatoms. The van der Waals surface area contributed by atoms with Gasteiger partial charge in [-0.25, -0.2) is 9.18 Å². The van der Waals surface area contributed by atoms with Crippen molar-refractivity contribution in [1.82, 2.24) is 5.32 Å². The largest absolute Gasteiger partial charge is 0.478 e. The molecule has 0 atom stereocenters. The molecular weight excluding hydrogens is 213 g/mol. The summed E-state index contributed by atoms with van der Waals surface area (Å²) in [5.74, 6) is -1.92. The van der Waals surface area contributed by atoms with E-state index in [9.17, 15) is 14.0 Å². The standard InChI is InChI=1S/C11H8FNO3/c12-7-3-1-6(2-4-7)10-8(11(15)16)5-9(14)13-10/h1-4H,5H2,(H,13,14)(H,15,16). The third-order valence-electron chi connectivity index (χ3n) is 2.29. The van der Waals surface area contributed by atoms with Gasteiger partial charge in [-0.1, -0.05) is 0 Å². The average molecular weight is 221 g/mol. The zero-order valence-corrected chi connectivity index (χ0v) is 8.16. The second-order valence-electron chi connectivity index (χ2n) is 3.39. The summed E-state index contributed by atoms with van der Waals surface area (Å²) in [6.45, 7) is 0. The molecule has 1 aliphatic rings. The first-order valence-corrected chi connectivity index (χ1v) is 4.60. The van der Waals surface area contributed by atoms with Crippen LogP contribution in [-0.4, -0.2) is 17.0 Å². The summed E-state index contributed by atoms with van der Waals surface area (Å²) in [5, 5.41) is 11.4. The van der Waals surface area contributed by atoms with Crippen LogP contribution in [0.2, 0.25) is 0 Å². The Labute approximate surface area is 90.4 Å². The lowest BCUT2D eigenvalue weighted by Gasteiger charge is -2.04. The number of hydrogen-bond acceptors (Lipinski definition) is 2. The third-order valence-corrected chi connectivity index (χ3v) is 2.29. The molecule has 1 aliphatic heterocycles. The smallest absolute Gasteiger partial charge is 0.334 e. The van der Waals surface area contributed by atoms with Crippen LogP contribution in [0.5, 0.6) is 0 Å². The Hall–Kier alpha value is -2.17. The van der Waals surface area contributed by atoms with Crippen LogP contribution in [0.4, 0.5) is 4.39 Å². The number of amides is 1. The number of hydrogen-bond donors (Lipinski definition) is 2. The number of rotatable bonds is 2. The van der Waals surface area contributed by atoms with Crippen molar-refractivity contribution in [3.63, 3.8) is 0 Å². The van der Waals surface area contributed by atoms with E-state index in [1.54, 1.807) is 0 Å². The first-order chi connectivity index (χ1) is 7.58. The molecule has 1 heterocycles. The van der Waals surface area contributed by atoms with Gasteiger partial charge in [-0.2, -0.15) is 0 Å². The highest BCUT2D eigenvalue weighted by Gasteiger charge is 2.26. The maximum atomic E-state index is 12.7. The number of carbonyl (C=O) groups is 2. The summed E-state index contributed by atoms with van der Waals surface area (Å²) < 4.78 is 12.7. The molecule has 0 radical (unpaired) electrons. The molecular formula is C11H8FNO3. The molecule has 0 unspecified atom stereocenters. The van der Waals surface area contributed by atoms with Crippen LogP contribution in [0.3, 0.4) is 0 Å². The van der Waals surface area contributed by atoms with E-state index < -0.39 is 11.8 Å². The van der Waals surface area contributed by atoms with Crippen molar-refractivity contribution in [3.8, 4) is 0 Å². The van der Waals surface area contributed by atoms with E-state index in [-0.39, 0.29) is 23.6 Å². The van der Waals surface area contributed by atoms with Gasteiger partial charge in [-0.05, 0) is 29.8 Å². The highest BCUT2D eigenvalue weighted by Crippen LogP contribution is 2.24. The predicted octanol–water partition coefficient (Wildman–Crippen LogP) is 1.14. The van der Waals surface area contributed by atoms with Crippen molar-refractivity contribution in [2.24, 2.45) is 0 Å². The molecule has 0 bridgehead atoms. The van der Waals surface area contributed by atoms with Gasteiger partial charge in [0.15, 0.2) is 0 Å². The lowest BCUT2D eigenvalue weighted by Crippen LogP contribution is -2.14. The Kier molecular flexibility index (Phi) is 2.44. The van der Waals surface area contributed by atoms with Crippen molar-refractivity contribution >= 4 is 17.6 Å². The number of benzene rings is 1. The first kappa shape index (κ1) is 10.4. The van der Waals surface area contributed by atoms with Crippen LogP contribution in [0.25, 0.3) is 5.70 Å². The summed E-state index contributed by atoms with van der Waals surface area (Å²) in [6.07, 6.45) is -0.151. The van der Waals surface area contributed by atoms with E-state index in [0.29, 0.717) is 5.56 Å². The number of carboxylic acid groups (broad SMARTS) is 1. The van der Waals surface area contributed by atoms with Crippen molar-refractivity contribution in [3.05, 3.63) is 41.2 Å². The second-order valence-corrected chi connectivity index (χ2v) is 3.39. The van der Waals surface area contributed by atoms with Crippen LogP contribution in [0.1, 0.15) is 12.0 Å². The Balaban J connectivity index is 2.45. The maximum absolute atomic E-state index is 12.7. The Bertz CT molecular complexity index is 490. The van der Waals surface area contributed by atoms with Crippen molar-refractivity contribution in [1.29, 1.82) is 0 Å². The molecule has 0 saturated carbocycles. The molecule has 82 valence electrons. The van der Waals surface area contributed by atoms with Crippen LogP contribution in [0.15, 0.2) is 29.8 Å². The number of carbonyl (C=O) groups excluding carboxylic acids is 1. The van der Waals surface area contributed by atoms with Crippen LogP contribution < -0.4 is 5.32 Å². The fourth-order valence-corrected chi connectivity index (χ4v) is 1.55. The van der Waals surface area contributed by atoms with Gasteiger partial charge in [-0.3, -0.25) is 4.79 Å². The predicted molar refractivity (Wildman–Crippen MR) is 53.7 cm³/mol. The summed E-state index contributed by atoms with van der Waals surface area (Å²) in [7, 11) is 0. The fraction of sp³-hybridized carbons (Fsp3) is 0.0909. The van der Waals surface area contributed by atoms with Gasteiger partial charge in [0.05, 0.1) is 17.7 Å². The van der Waals surface area contributed by atoms with Gasteiger partial charge < -0.3 is 10.4 Å². The number of halogens is 1. The maximum Gasteiger partial charge on any atom is 0.334 e. The molecule has 2 rings (SSSR count). The summed E-state index contributed by atoms with van der Waals surface area (Å²) in [6, 6.07) is 5.29. The molecule has 0 saturated heterocycles. The second kappa shape index (κ2) is 3.77. The van der Waals surface area contributed by atoms with Crippen molar-refractivity contribution in [2.75, 3.05) is 0 Å². The topological polar surface area (TPSA) is 66.4 Å². The van der Waals surface area contributed by atoms with Crippen LogP contribution >= 0.6 is 0 Å². The highest BCUT2D eigenvalue weighted by atomic mass is 19.1. The quantitative estimate of drug-likeness (QED) is 0.787. The average Bonchev–Trinajstić information content (AvgIpc) is 2.61. The lowest BCUT2D eigenvalue weighted by molar-refractivity contribution is -0.133. The summed E-state index contributed by atoms with van der Waals surface area (Å²) >= 11 is 0. The highest BCUT2D eigenvalue weighted by molar-refractivity contribution is 6.08. The zero-order chi connectivity index (χ0) is 11.7. The molecule has 0 aromatic heterocycles. The summed E-state index contributed by atoms with van der Waals surface area (Å²) in [5.41, 5.74) is 0.749. The van der Waals surface area contributed by atoms with Crippen LogP contribution in [-0.2, 0) is 9.59 Å². The monoisotopic (exact) mass is 221 g/mol. The molecule has 0 fully saturated rings. The number of nitrogens with one attached hydrogen (secondary N) is 1. The molecule has 2 N–H and O–H groups in total. The van der Waals surface area contributed by atoms with E-state index in [1.807, 2.05) is 0 Å². The minimum atomic E-state index is -1.14. The van der Waals surface area contributed by atoms with Crippen molar-refractivity contribution < 1.29 is 19.1 Å². The van der Waals surface area contributed by atoms with Gasteiger partial charge in [0.2, 0.25) is 5.91 Å². The molecule has 16 heavy (non-hydrogen) atoms. The molecule has 0 aliphatic carbocycles. The Morgan fingerprint density at radius 3 is 2.50 bits per heavy atom. The minimum Gasteiger partial charge on any atom is -0.478 e. The SMILES string of the molecule is O=C1CC(C(=O)O)=C(c2ccc(F)cc2)N1. The fourth-order valence-electron chi connectivity index (χ4n) is 1.55. The first-order valence-electron chi connectivity index (χ1n) is 4.60. The molecule has 1 amide bonds. The van der Waals surface area contributed by atoms with E-state index in [0.717, 1.165) is 0 Å². The van der Waals surface area contributed by atoms with Gasteiger partial charge in [-0.15, -0.1) is 0 Å². The van der Waals surface area contributed by atoms with Crippen LogP contribution in [0, 0.1) is 5.82 Å². The minimum absolute atomic E-state index is 0.0107. The van der Waals surface area contributed by atoms with E-state index >= 15 is 0 Å². The normalized spacial score (nSPS) is 15.2. The molecule has 1 aromatic rings. The Morgan fingerprint density at radius 1 is 1.31 bits per heavy atom. The number of carboxylic acids is 1. The van der Waals surface area contributed by atoms with Gasteiger partial charge in [0, 0.05) is 0 Å². The van der Waals surface area contributed by atoms with E-state index in [2.05, 4.69) is 5.32 Å². The molecule has 0 spiro atoms. The Morgan fingerprint density at radius 2 is 1.94 bits per heavy atom. The van der Waals surface area contributed by atoms with E-state index in [1.165, 1.54) is 24.3 Å². The van der Waals surface area contributed by atoms with E-state index in [4.69, 9.17) is 5.11 Å². The number of aliphatic carboxylic acids is 1. The summed E-state index contributed by atoms with van der Waals surface area (Å²) in [4.78, 5) is 22.0. The van der Waals surface area contributed by atoms with Crippen molar-refractivity contribution in [2.45, 2.75) is 6.42 Å². The molecule has 4 nitrogen and oxygen atoms in total. The van der Waals surface area contributed by atoms with Gasteiger partial charge in [0.25, 0.3) is 0 Å². The van der Waals surface area contributed by atoms with Gasteiger partial charge >= 0.3 is 5.97 Å². The lowest BCUT2D eigenvalue weighted by atomic mass is 10.1. The molecule has 1 aromatic carbocycles.